The monoisotopic (exact) mass is 330 g/mol. The lowest BCUT2D eigenvalue weighted by Crippen LogP contribution is -1.85. The number of nitrogens with zero attached hydrogens (tertiary/aromatic N) is 2. The Morgan fingerprint density at radius 2 is 2.20 bits per heavy atom. The summed E-state index contributed by atoms with van der Waals surface area (Å²) in [6, 6.07) is 5.95. The molecule has 0 aliphatic rings. The maximum Gasteiger partial charge on any atom is 0.259 e. The Morgan fingerprint density at radius 1 is 1.40 bits per heavy atom. The van der Waals surface area contributed by atoms with Crippen LogP contribution < -0.4 is 0 Å². The third-order valence-electron chi connectivity index (χ3n) is 2.02. The van der Waals surface area contributed by atoms with E-state index in [1.165, 1.54) is 0 Å². The van der Waals surface area contributed by atoms with Gasteiger partial charge in [-0.25, -0.2) is 0 Å². The summed E-state index contributed by atoms with van der Waals surface area (Å²) in [6.07, 6.45) is 0. The van der Waals surface area contributed by atoms with Crippen molar-refractivity contribution in [1.82, 2.24) is 10.1 Å². The zero-order chi connectivity index (χ0) is 10.8. The van der Waals surface area contributed by atoms with Gasteiger partial charge in [0.05, 0.1) is 10.9 Å². The van der Waals surface area contributed by atoms with Crippen molar-refractivity contribution in [2.75, 3.05) is 0 Å². The van der Waals surface area contributed by atoms with Gasteiger partial charge < -0.3 is 4.52 Å². The number of hydrogen-bond acceptors (Lipinski definition) is 3. The highest BCUT2D eigenvalue weighted by atomic mass is 79.9. The summed E-state index contributed by atoms with van der Waals surface area (Å²) in [5, 5.41) is 4.44. The SMILES string of the molecule is Cc1cccc(Br)c1-c1nc(CBr)no1. The van der Waals surface area contributed by atoms with Crippen LogP contribution in [-0.2, 0) is 5.33 Å². The molecule has 0 unspecified atom stereocenters. The van der Waals surface area contributed by atoms with E-state index in [1.807, 2.05) is 25.1 Å². The minimum Gasteiger partial charge on any atom is -0.334 e. The topological polar surface area (TPSA) is 38.9 Å². The summed E-state index contributed by atoms with van der Waals surface area (Å²) in [4.78, 5) is 4.27. The summed E-state index contributed by atoms with van der Waals surface area (Å²) < 4.78 is 6.15. The zero-order valence-electron chi connectivity index (χ0n) is 8.00. The largest absolute Gasteiger partial charge is 0.334 e. The molecule has 15 heavy (non-hydrogen) atoms. The van der Waals surface area contributed by atoms with Crippen molar-refractivity contribution in [2.24, 2.45) is 0 Å². The van der Waals surface area contributed by atoms with Crippen LogP contribution >= 0.6 is 31.9 Å². The molecule has 0 aliphatic heterocycles. The Hall–Kier alpha value is -0.680. The van der Waals surface area contributed by atoms with E-state index in [2.05, 4.69) is 42.0 Å². The van der Waals surface area contributed by atoms with E-state index < -0.39 is 0 Å². The average Bonchev–Trinajstić information content (AvgIpc) is 2.66. The fourth-order valence-electron chi connectivity index (χ4n) is 1.31. The quantitative estimate of drug-likeness (QED) is 0.787. The summed E-state index contributed by atoms with van der Waals surface area (Å²) >= 11 is 6.76. The molecule has 3 nitrogen and oxygen atoms in total. The van der Waals surface area contributed by atoms with Gasteiger partial charge in [-0.15, -0.1) is 0 Å². The highest BCUT2D eigenvalue weighted by molar-refractivity contribution is 9.10. The summed E-state index contributed by atoms with van der Waals surface area (Å²) in [5.41, 5.74) is 2.06. The first-order valence-corrected chi connectivity index (χ1v) is 6.28. The predicted octanol–water partition coefficient (Wildman–Crippen LogP) is 3.70. The van der Waals surface area contributed by atoms with E-state index >= 15 is 0 Å². The normalized spacial score (nSPS) is 10.6. The highest BCUT2D eigenvalue weighted by Crippen LogP contribution is 2.30. The number of rotatable bonds is 2. The highest BCUT2D eigenvalue weighted by Gasteiger charge is 2.13. The third-order valence-corrected chi connectivity index (χ3v) is 3.19. The van der Waals surface area contributed by atoms with Crippen LogP contribution in [0.15, 0.2) is 27.2 Å². The minimum atomic E-state index is 0.550. The Kier molecular flexibility index (Phi) is 3.21. The van der Waals surface area contributed by atoms with Gasteiger partial charge in [0.15, 0.2) is 5.82 Å². The van der Waals surface area contributed by atoms with Crippen LogP contribution in [0.4, 0.5) is 0 Å². The van der Waals surface area contributed by atoms with Crippen molar-refractivity contribution in [2.45, 2.75) is 12.3 Å². The van der Waals surface area contributed by atoms with E-state index in [9.17, 15) is 0 Å². The maximum absolute atomic E-state index is 5.18. The van der Waals surface area contributed by atoms with Gasteiger partial charge in [0.25, 0.3) is 5.89 Å². The van der Waals surface area contributed by atoms with E-state index in [4.69, 9.17) is 4.52 Å². The summed E-state index contributed by atoms with van der Waals surface area (Å²) in [7, 11) is 0. The first-order chi connectivity index (χ1) is 7.22. The Morgan fingerprint density at radius 3 is 2.80 bits per heavy atom. The van der Waals surface area contributed by atoms with Crippen LogP contribution in [0, 0.1) is 6.92 Å². The fourth-order valence-corrected chi connectivity index (χ4v) is 2.18. The molecule has 0 spiro atoms. The minimum absolute atomic E-state index is 0.550. The van der Waals surface area contributed by atoms with Gasteiger partial charge in [0, 0.05) is 4.47 Å². The molecule has 0 saturated carbocycles. The van der Waals surface area contributed by atoms with Gasteiger partial charge in [-0.1, -0.05) is 33.2 Å². The van der Waals surface area contributed by atoms with Crippen molar-refractivity contribution in [1.29, 1.82) is 0 Å². The van der Waals surface area contributed by atoms with Crippen LogP contribution in [-0.4, -0.2) is 10.1 Å². The first-order valence-electron chi connectivity index (χ1n) is 4.36. The first kappa shape index (κ1) is 10.8. The molecule has 0 fully saturated rings. The molecule has 78 valence electrons. The molecule has 2 aromatic rings. The lowest BCUT2D eigenvalue weighted by atomic mass is 10.1. The van der Waals surface area contributed by atoms with E-state index in [-0.39, 0.29) is 0 Å². The molecule has 0 radical (unpaired) electrons. The standard InChI is InChI=1S/C10H8Br2N2O/c1-6-3-2-4-7(12)9(6)10-13-8(5-11)14-15-10/h2-4H,5H2,1H3. The molecule has 0 atom stereocenters. The fraction of sp³-hybridized carbons (Fsp3) is 0.200. The van der Waals surface area contributed by atoms with Crippen molar-refractivity contribution < 1.29 is 4.52 Å². The molecule has 0 N–H and O–H groups in total. The second-order valence-electron chi connectivity index (χ2n) is 3.08. The number of hydrogen-bond donors (Lipinski definition) is 0. The van der Waals surface area contributed by atoms with Gasteiger partial charge in [-0.3, -0.25) is 0 Å². The Labute approximate surface area is 104 Å². The number of benzene rings is 1. The van der Waals surface area contributed by atoms with Crippen LogP contribution in [0.2, 0.25) is 0 Å². The molecule has 0 aliphatic carbocycles. The van der Waals surface area contributed by atoms with Crippen molar-refractivity contribution >= 4 is 31.9 Å². The van der Waals surface area contributed by atoms with Gasteiger partial charge in [-0.05, 0) is 34.5 Å². The molecular weight excluding hydrogens is 324 g/mol. The molecule has 1 heterocycles. The molecule has 0 saturated heterocycles. The number of alkyl halides is 1. The van der Waals surface area contributed by atoms with Gasteiger partial charge in [-0.2, -0.15) is 4.98 Å². The van der Waals surface area contributed by atoms with Gasteiger partial charge in [0.2, 0.25) is 0 Å². The van der Waals surface area contributed by atoms with Gasteiger partial charge in [0.1, 0.15) is 0 Å². The molecule has 1 aromatic heterocycles. The maximum atomic E-state index is 5.18. The second kappa shape index (κ2) is 4.45. The van der Waals surface area contributed by atoms with Crippen LogP contribution in [0.3, 0.4) is 0 Å². The Bertz CT molecular complexity index is 462. The summed E-state index contributed by atoms with van der Waals surface area (Å²) in [5.74, 6) is 1.20. The van der Waals surface area contributed by atoms with E-state index in [0.717, 1.165) is 15.6 Å². The van der Waals surface area contributed by atoms with Gasteiger partial charge >= 0.3 is 0 Å². The van der Waals surface area contributed by atoms with Crippen molar-refractivity contribution in [3.63, 3.8) is 0 Å². The molecule has 0 bridgehead atoms. The molecular formula is C10H8Br2N2O. The molecule has 5 heteroatoms. The van der Waals surface area contributed by atoms with Crippen LogP contribution in [0.5, 0.6) is 0 Å². The van der Waals surface area contributed by atoms with Crippen LogP contribution in [0.25, 0.3) is 11.5 Å². The lowest BCUT2D eigenvalue weighted by Gasteiger charge is -2.02. The second-order valence-corrected chi connectivity index (χ2v) is 4.50. The smallest absolute Gasteiger partial charge is 0.259 e. The average molecular weight is 332 g/mol. The van der Waals surface area contributed by atoms with E-state index in [0.29, 0.717) is 17.0 Å². The summed E-state index contributed by atoms with van der Waals surface area (Å²) in [6.45, 7) is 2.01. The van der Waals surface area contributed by atoms with E-state index in [1.54, 1.807) is 0 Å². The molecule has 0 amide bonds. The predicted molar refractivity (Wildman–Crippen MR) is 64.8 cm³/mol. The lowest BCUT2D eigenvalue weighted by molar-refractivity contribution is 0.425. The van der Waals surface area contributed by atoms with Crippen molar-refractivity contribution in [3.8, 4) is 11.5 Å². The van der Waals surface area contributed by atoms with Crippen molar-refractivity contribution in [3.05, 3.63) is 34.1 Å². The third kappa shape index (κ3) is 2.13. The Balaban J connectivity index is 2.53. The molecule has 1 aromatic carbocycles. The number of aromatic nitrogens is 2. The number of aryl methyl sites for hydroxylation is 1. The molecule has 2 rings (SSSR count). The van der Waals surface area contributed by atoms with Crippen LogP contribution in [0.1, 0.15) is 11.4 Å². The zero-order valence-corrected chi connectivity index (χ0v) is 11.2. The number of halogens is 2.